The largest absolute Gasteiger partial charge is 0.434 e. The maximum absolute atomic E-state index is 12.6. The molecule has 1 aliphatic rings. The Balaban J connectivity index is 1.59. The number of halogens is 2. The molecular weight excluding hydrogens is 418 g/mol. The number of alkyl halides is 2. The first-order valence-electron chi connectivity index (χ1n) is 10.4. The van der Waals surface area contributed by atoms with Crippen LogP contribution in [-0.2, 0) is 17.9 Å². The van der Waals surface area contributed by atoms with Crippen LogP contribution in [0.4, 0.5) is 14.6 Å². The molecule has 0 aliphatic carbocycles. The number of rotatable bonds is 8. The predicted octanol–water partition coefficient (Wildman–Crippen LogP) is 2.25. The molecule has 1 aromatic heterocycles. The summed E-state index contributed by atoms with van der Waals surface area (Å²) >= 11 is 0. The van der Waals surface area contributed by atoms with Gasteiger partial charge >= 0.3 is 6.61 Å². The number of pyridine rings is 1. The summed E-state index contributed by atoms with van der Waals surface area (Å²) in [5.74, 6) is 1.16. The maximum Gasteiger partial charge on any atom is 0.387 e. The van der Waals surface area contributed by atoms with Crippen molar-refractivity contribution in [3.63, 3.8) is 0 Å². The number of anilines is 1. The van der Waals surface area contributed by atoms with Crippen LogP contribution in [0.3, 0.4) is 0 Å². The fourth-order valence-electron chi connectivity index (χ4n) is 3.67. The van der Waals surface area contributed by atoms with Crippen LogP contribution in [0.15, 0.2) is 47.6 Å². The minimum atomic E-state index is -2.88. The summed E-state index contributed by atoms with van der Waals surface area (Å²) < 4.78 is 29.8. The van der Waals surface area contributed by atoms with Crippen molar-refractivity contribution in [3.8, 4) is 5.75 Å². The molecule has 2 heterocycles. The molecule has 1 fully saturated rings. The topological polar surface area (TPSA) is 105 Å². The van der Waals surface area contributed by atoms with E-state index in [0.29, 0.717) is 44.0 Å². The van der Waals surface area contributed by atoms with Gasteiger partial charge in [0.05, 0.1) is 0 Å². The molecular formula is C22H28F2N6O2. The van der Waals surface area contributed by atoms with Crippen molar-refractivity contribution in [2.45, 2.75) is 32.5 Å². The first kappa shape index (κ1) is 23.2. The third-order valence-electron chi connectivity index (χ3n) is 5.37. The average Bonchev–Trinajstić information content (AvgIpc) is 2.80. The highest BCUT2D eigenvalue weighted by Crippen LogP contribution is 2.24. The minimum Gasteiger partial charge on any atom is -0.434 e. The second-order valence-corrected chi connectivity index (χ2v) is 7.42. The van der Waals surface area contributed by atoms with E-state index in [1.165, 1.54) is 6.07 Å². The number of ether oxygens (including phenoxy) is 1. The molecule has 8 nitrogen and oxygen atoms in total. The van der Waals surface area contributed by atoms with E-state index in [4.69, 9.17) is 5.73 Å². The SMILES string of the molecule is CN=C(NCc1ccccc1OC(F)F)NCc1cccnc1N1CCC(C(N)=O)CC1. The molecule has 0 saturated carbocycles. The molecule has 0 spiro atoms. The molecule has 3 rings (SSSR count). The summed E-state index contributed by atoms with van der Waals surface area (Å²) in [5.41, 5.74) is 7.01. The van der Waals surface area contributed by atoms with Crippen molar-refractivity contribution >= 4 is 17.7 Å². The van der Waals surface area contributed by atoms with E-state index >= 15 is 0 Å². The molecule has 32 heavy (non-hydrogen) atoms. The lowest BCUT2D eigenvalue weighted by Gasteiger charge is -2.32. The lowest BCUT2D eigenvalue weighted by atomic mass is 9.96. The summed E-state index contributed by atoms with van der Waals surface area (Å²) in [6.07, 6.45) is 3.16. The number of aliphatic imine (C=N–C) groups is 1. The molecule has 1 saturated heterocycles. The fourth-order valence-corrected chi connectivity index (χ4v) is 3.67. The number of nitrogens with two attached hydrogens (primary N) is 1. The second kappa shape index (κ2) is 11.3. The maximum atomic E-state index is 12.6. The summed E-state index contributed by atoms with van der Waals surface area (Å²) in [4.78, 5) is 22.3. The highest BCUT2D eigenvalue weighted by Gasteiger charge is 2.25. The summed E-state index contributed by atoms with van der Waals surface area (Å²) in [7, 11) is 1.63. The van der Waals surface area contributed by atoms with Crippen LogP contribution in [0, 0.1) is 5.92 Å². The zero-order chi connectivity index (χ0) is 22.9. The number of aromatic nitrogens is 1. The van der Waals surface area contributed by atoms with Crippen molar-refractivity contribution in [1.82, 2.24) is 15.6 Å². The van der Waals surface area contributed by atoms with Crippen molar-refractivity contribution in [2.24, 2.45) is 16.6 Å². The number of guanidine groups is 1. The summed E-state index contributed by atoms with van der Waals surface area (Å²) in [5, 5.41) is 6.35. The Kier molecular flexibility index (Phi) is 8.18. The minimum absolute atomic E-state index is 0.0866. The monoisotopic (exact) mass is 446 g/mol. The molecule has 4 N–H and O–H groups in total. The summed E-state index contributed by atoms with van der Waals surface area (Å²) in [6.45, 7) is -0.723. The van der Waals surface area contributed by atoms with Crippen molar-refractivity contribution in [2.75, 3.05) is 25.0 Å². The van der Waals surface area contributed by atoms with Crippen LogP contribution >= 0.6 is 0 Å². The first-order chi connectivity index (χ1) is 15.5. The van der Waals surface area contributed by atoms with Gasteiger partial charge in [0.2, 0.25) is 5.91 Å². The Labute approximate surface area is 185 Å². The van der Waals surface area contributed by atoms with Gasteiger partial charge in [0, 0.05) is 56.5 Å². The van der Waals surface area contributed by atoms with E-state index in [1.807, 2.05) is 12.1 Å². The molecule has 1 aliphatic heterocycles. The average molecular weight is 447 g/mol. The van der Waals surface area contributed by atoms with Gasteiger partial charge in [-0.2, -0.15) is 8.78 Å². The number of hydrogen-bond donors (Lipinski definition) is 3. The van der Waals surface area contributed by atoms with Gasteiger partial charge in [0.25, 0.3) is 0 Å². The standard InChI is InChI=1S/C22H28F2N6O2/c1-26-22(28-13-16-5-2-3-7-18(16)32-21(23)24)29-14-17-6-4-10-27-20(17)30-11-8-15(9-12-30)19(25)31/h2-7,10,15,21H,8-9,11-14H2,1H3,(H2,25,31)(H2,26,28,29). The Bertz CT molecular complexity index is 932. The highest BCUT2D eigenvalue weighted by molar-refractivity contribution is 5.80. The van der Waals surface area contributed by atoms with Gasteiger partial charge in [-0.15, -0.1) is 0 Å². The zero-order valence-corrected chi connectivity index (χ0v) is 17.9. The molecule has 0 atom stereocenters. The third-order valence-corrected chi connectivity index (χ3v) is 5.37. The van der Waals surface area contributed by atoms with Crippen LogP contribution in [0.5, 0.6) is 5.75 Å². The van der Waals surface area contributed by atoms with E-state index in [9.17, 15) is 13.6 Å². The van der Waals surface area contributed by atoms with E-state index < -0.39 is 6.61 Å². The number of piperidine rings is 1. The molecule has 0 unspecified atom stereocenters. The van der Waals surface area contributed by atoms with Crippen LogP contribution < -0.4 is 26.0 Å². The number of benzene rings is 1. The van der Waals surface area contributed by atoms with Gasteiger partial charge < -0.3 is 26.0 Å². The smallest absolute Gasteiger partial charge is 0.387 e. The number of carbonyl (C=O) groups is 1. The van der Waals surface area contributed by atoms with E-state index in [0.717, 1.165) is 11.4 Å². The van der Waals surface area contributed by atoms with Gasteiger partial charge in [-0.3, -0.25) is 9.79 Å². The first-order valence-corrected chi connectivity index (χ1v) is 10.4. The lowest BCUT2D eigenvalue weighted by molar-refractivity contribution is -0.122. The van der Waals surface area contributed by atoms with Crippen molar-refractivity contribution in [3.05, 3.63) is 53.7 Å². The number of para-hydroxylation sites is 1. The molecule has 2 aromatic rings. The van der Waals surface area contributed by atoms with Crippen LogP contribution in [0.1, 0.15) is 24.0 Å². The molecule has 10 heteroatoms. The van der Waals surface area contributed by atoms with Gasteiger partial charge in [-0.1, -0.05) is 24.3 Å². The Morgan fingerprint density at radius 1 is 1.19 bits per heavy atom. The molecule has 172 valence electrons. The summed E-state index contributed by atoms with van der Waals surface area (Å²) in [6, 6.07) is 10.5. The highest BCUT2D eigenvalue weighted by atomic mass is 19.3. The normalized spacial score (nSPS) is 15.0. The fraction of sp³-hybridized carbons (Fsp3) is 0.409. The van der Waals surface area contributed by atoms with E-state index in [2.05, 4.69) is 30.2 Å². The number of primary amides is 1. The number of hydrogen-bond acceptors (Lipinski definition) is 5. The van der Waals surface area contributed by atoms with Crippen molar-refractivity contribution in [1.29, 1.82) is 0 Å². The number of nitrogens with one attached hydrogen (secondary N) is 2. The zero-order valence-electron chi connectivity index (χ0n) is 17.9. The van der Waals surface area contributed by atoms with Gasteiger partial charge in [-0.05, 0) is 25.0 Å². The lowest BCUT2D eigenvalue weighted by Crippen LogP contribution is -2.40. The number of amides is 1. The quantitative estimate of drug-likeness (QED) is 0.424. The third kappa shape index (κ3) is 6.29. The molecule has 0 radical (unpaired) electrons. The van der Waals surface area contributed by atoms with Crippen LogP contribution in [0.2, 0.25) is 0 Å². The number of carbonyl (C=O) groups excluding carboxylic acids is 1. The van der Waals surface area contributed by atoms with Crippen LogP contribution in [-0.4, -0.2) is 43.6 Å². The number of nitrogens with zero attached hydrogens (tertiary/aromatic N) is 3. The van der Waals surface area contributed by atoms with Gasteiger partial charge in [0.1, 0.15) is 11.6 Å². The van der Waals surface area contributed by atoms with E-state index in [-0.39, 0.29) is 24.1 Å². The molecule has 0 bridgehead atoms. The predicted molar refractivity (Wildman–Crippen MR) is 118 cm³/mol. The van der Waals surface area contributed by atoms with Gasteiger partial charge in [-0.25, -0.2) is 4.98 Å². The Morgan fingerprint density at radius 2 is 1.84 bits per heavy atom. The molecule has 1 amide bonds. The second-order valence-electron chi connectivity index (χ2n) is 7.42. The van der Waals surface area contributed by atoms with Crippen LogP contribution in [0.25, 0.3) is 0 Å². The Morgan fingerprint density at radius 3 is 2.50 bits per heavy atom. The Hall–Kier alpha value is -3.43. The molecule has 1 aromatic carbocycles. The van der Waals surface area contributed by atoms with Gasteiger partial charge in [0.15, 0.2) is 5.96 Å². The van der Waals surface area contributed by atoms with E-state index in [1.54, 1.807) is 31.4 Å². The van der Waals surface area contributed by atoms with Crippen molar-refractivity contribution < 1.29 is 18.3 Å².